The van der Waals surface area contributed by atoms with Crippen molar-refractivity contribution in [2.24, 2.45) is 0 Å². The summed E-state index contributed by atoms with van der Waals surface area (Å²) in [5, 5.41) is 3.29. The topological polar surface area (TPSA) is 54.5 Å². The molecule has 0 aliphatic carbocycles. The fourth-order valence-corrected chi connectivity index (χ4v) is 2.64. The molecule has 3 heterocycles. The third kappa shape index (κ3) is 2.18. The summed E-state index contributed by atoms with van der Waals surface area (Å²) in [6.07, 6.45) is 3.34. The van der Waals surface area contributed by atoms with Gasteiger partial charge >= 0.3 is 6.09 Å². The number of piperidine rings is 1. The molecule has 1 aromatic rings. The summed E-state index contributed by atoms with van der Waals surface area (Å²) in [6, 6.07) is 5.74. The van der Waals surface area contributed by atoms with Crippen LogP contribution in [0.2, 0.25) is 0 Å². The van der Waals surface area contributed by atoms with E-state index in [0.717, 1.165) is 31.6 Å². The second-order valence-corrected chi connectivity index (χ2v) is 4.98. The number of amides is 1. The lowest BCUT2D eigenvalue weighted by molar-refractivity contribution is 0.0316. The Kier molecular flexibility index (Phi) is 2.91. The highest BCUT2D eigenvalue weighted by Crippen LogP contribution is 2.31. The largest absolute Gasteiger partial charge is 0.441 e. The maximum Gasteiger partial charge on any atom is 0.410 e. The van der Waals surface area contributed by atoms with Gasteiger partial charge in [-0.25, -0.2) is 4.79 Å². The number of nitrogens with one attached hydrogen (secondary N) is 1. The predicted molar refractivity (Wildman–Crippen MR) is 66.0 cm³/mol. The van der Waals surface area contributed by atoms with Gasteiger partial charge in [0.15, 0.2) is 0 Å². The zero-order chi connectivity index (χ0) is 12.4. The van der Waals surface area contributed by atoms with Crippen LogP contribution in [0.25, 0.3) is 0 Å². The number of hydrogen-bond acceptors (Lipinski definition) is 4. The lowest BCUT2D eigenvalue weighted by Crippen LogP contribution is -2.44. The van der Waals surface area contributed by atoms with Crippen LogP contribution in [0.5, 0.6) is 0 Å². The van der Waals surface area contributed by atoms with Crippen molar-refractivity contribution >= 4 is 6.09 Å². The summed E-state index contributed by atoms with van der Waals surface area (Å²) in [5.41, 5.74) is 0.636. The van der Waals surface area contributed by atoms with E-state index in [9.17, 15) is 4.79 Å². The molecule has 1 amide bonds. The second-order valence-electron chi connectivity index (χ2n) is 4.98. The monoisotopic (exact) mass is 247 g/mol. The minimum absolute atomic E-state index is 0.206. The van der Waals surface area contributed by atoms with Crippen LogP contribution in [-0.4, -0.2) is 41.2 Å². The molecule has 18 heavy (non-hydrogen) atoms. The molecule has 1 spiro atoms. The molecular formula is C13H17N3O2. The van der Waals surface area contributed by atoms with Crippen molar-refractivity contribution in [3.8, 4) is 0 Å². The van der Waals surface area contributed by atoms with E-state index in [1.165, 1.54) is 0 Å². The van der Waals surface area contributed by atoms with Gasteiger partial charge in [0.25, 0.3) is 0 Å². The number of pyridine rings is 1. The number of rotatable bonds is 2. The lowest BCUT2D eigenvalue weighted by Gasteiger charge is -2.31. The number of aromatic nitrogens is 1. The molecule has 0 bridgehead atoms. The van der Waals surface area contributed by atoms with Gasteiger partial charge in [0.2, 0.25) is 0 Å². The van der Waals surface area contributed by atoms with E-state index in [1.807, 2.05) is 18.2 Å². The van der Waals surface area contributed by atoms with Gasteiger partial charge in [-0.2, -0.15) is 0 Å². The van der Waals surface area contributed by atoms with Crippen molar-refractivity contribution in [3.63, 3.8) is 0 Å². The molecular weight excluding hydrogens is 230 g/mol. The SMILES string of the molecule is O=C1OC2(CCNCC2)CN1Cc1ccccn1. The fraction of sp³-hybridized carbons (Fsp3) is 0.538. The third-order valence-corrected chi connectivity index (χ3v) is 3.63. The van der Waals surface area contributed by atoms with Crippen molar-refractivity contribution in [1.29, 1.82) is 0 Å². The van der Waals surface area contributed by atoms with Crippen LogP contribution in [0, 0.1) is 0 Å². The van der Waals surface area contributed by atoms with E-state index in [-0.39, 0.29) is 11.7 Å². The predicted octanol–water partition coefficient (Wildman–Crippen LogP) is 1.16. The third-order valence-electron chi connectivity index (χ3n) is 3.63. The first kappa shape index (κ1) is 11.5. The Labute approximate surface area is 106 Å². The highest BCUT2D eigenvalue weighted by molar-refractivity contribution is 5.70. The van der Waals surface area contributed by atoms with E-state index in [1.54, 1.807) is 11.1 Å². The molecule has 0 radical (unpaired) electrons. The smallest absolute Gasteiger partial charge is 0.410 e. The summed E-state index contributed by atoms with van der Waals surface area (Å²) < 4.78 is 5.59. The van der Waals surface area contributed by atoms with Crippen LogP contribution in [0.3, 0.4) is 0 Å². The van der Waals surface area contributed by atoms with Crippen molar-refractivity contribution in [3.05, 3.63) is 30.1 Å². The molecule has 3 rings (SSSR count). The first-order valence-electron chi connectivity index (χ1n) is 6.36. The van der Waals surface area contributed by atoms with Crippen LogP contribution in [0.15, 0.2) is 24.4 Å². The molecule has 0 atom stereocenters. The Morgan fingerprint density at radius 1 is 1.39 bits per heavy atom. The van der Waals surface area contributed by atoms with Gasteiger partial charge in [0.1, 0.15) is 5.60 Å². The van der Waals surface area contributed by atoms with Gasteiger partial charge in [-0.15, -0.1) is 0 Å². The number of carbonyl (C=O) groups is 1. The molecule has 2 saturated heterocycles. The molecule has 0 saturated carbocycles. The molecule has 0 aromatic carbocycles. The maximum absolute atomic E-state index is 11.9. The zero-order valence-electron chi connectivity index (χ0n) is 10.3. The Hall–Kier alpha value is -1.62. The highest BCUT2D eigenvalue weighted by atomic mass is 16.6. The van der Waals surface area contributed by atoms with Crippen molar-refractivity contribution in [2.75, 3.05) is 19.6 Å². The van der Waals surface area contributed by atoms with Gasteiger partial charge in [-0.1, -0.05) is 6.07 Å². The second kappa shape index (κ2) is 4.57. The van der Waals surface area contributed by atoms with Crippen molar-refractivity contribution in [2.45, 2.75) is 25.0 Å². The van der Waals surface area contributed by atoms with Crippen LogP contribution in [0.1, 0.15) is 18.5 Å². The first-order chi connectivity index (χ1) is 8.77. The van der Waals surface area contributed by atoms with Crippen molar-refractivity contribution < 1.29 is 9.53 Å². The summed E-state index contributed by atoms with van der Waals surface area (Å²) in [7, 11) is 0. The Bertz CT molecular complexity index is 429. The van der Waals surface area contributed by atoms with Gasteiger partial charge in [-0.05, 0) is 25.2 Å². The molecule has 1 aromatic heterocycles. The van der Waals surface area contributed by atoms with Gasteiger partial charge < -0.3 is 10.1 Å². The Morgan fingerprint density at radius 3 is 2.94 bits per heavy atom. The average Bonchev–Trinajstić information content (AvgIpc) is 2.68. The summed E-state index contributed by atoms with van der Waals surface area (Å²) in [5.74, 6) is 0. The molecule has 0 unspecified atom stereocenters. The molecule has 1 N–H and O–H groups in total. The van der Waals surface area contributed by atoms with E-state index in [2.05, 4.69) is 10.3 Å². The molecule has 96 valence electrons. The summed E-state index contributed by atoms with van der Waals surface area (Å²) >= 11 is 0. The Morgan fingerprint density at radius 2 is 2.22 bits per heavy atom. The average molecular weight is 247 g/mol. The van der Waals surface area contributed by atoms with Crippen molar-refractivity contribution in [1.82, 2.24) is 15.2 Å². The van der Waals surface area contributed by atoms with E-state index in [4.69, 9.17) is 4.74 Å². The molecule has 5 heteroatoms. The van der Waals surface area contributed by atoms with Crippen LogP contribution < -0.4 is 5.32 Å². The number of carbonyl (C=O) groups excluding carboxylic acids is 1. The molecule has 2 aliphatic rings. The van der Waals surface area contributed by atoms with Gasteiger partial charge in [-0.3, -0.25) is 9.88 Å². The summed E-state index contributed by atoms with van der Waals surface area (Å²) in [4.78, 5) is 17.9. The lowest BCUT2D eigenvalue weighted by atomic mass is 9.92. The quantitative estimate of drug-likeness (QED) is 0.852. The summed E-state index contributed by atoms with van der Waals surface area (Å²) in [6.45, 7) is 3.06. The maximum atomic E-state index is 11.9. The zero-order valence-corrected chi connectivity index (χ0v) is 10.3. The van der Waals surface area contributed by atoms with E-state index >= 15 is 0 Å². The van der Waals surface area contributed by atoms with E-state index < -0.39 is 0 Å². The highest BCUT2D eigenvalue weighted by Gasteiger charge is 2.45. The number of ether oxygens (including phenoxy) is 1. The van der Waals surface area contributed by atoms with Gasteiger partial charge in [0, 0.05) is 19.0 Å². The molecule has 2 aliphatic heterocycles. The molecule has 5 nitrogen and oxygen atoms in total. The number of nitrogens with zero attached hydrogens (tertiary/aromatic N) is 2. The minimum Gasteiger partial charge on any atom is -0.441 e. The molecule has 2 fully saturated rings. The first-order valence-corrected chi connectivity index (χ1v) is 6.36. The Balaban J connectivity index is 1.69. The van der Waals surface area contributed by atoms with E-state index in [0.29, 0.717) is 13.1 Å². The van der Waals surface area contributed by atoms with Crippen LogP contribution in [0.4, 0.5) is 4.79 Å². The van der Waals surface area contributed by atoms with Gasteiger partial charge in [0.05, 0.1) is 18.8 Å². The minimum atomic E-state index is -0.267. The number of hydrogen-bond donors (Lipinski definition) is 1. The van der Waals surface area contributed by atoms with Crippen LogP contribution in [-0.2, 0) is 11.3 Å². The fourth-order valence-electron chi connectivity index (χ4n) is 2.64. The van der Waals surface area contributed by atoms with Crippen LogP contribution >= 0.6 is 0 Å². The normalized spacial score (nSPS) is 22.2. The standard InChI is InChI=1S/C13H17N3O2/c17-12-16(9-11-3-1-2-6-15-11)10-13(18-12)4-7-14-8-5-13/h1-3,6,14H,4-5,7-10H2.